The molecule has 2 aromatic rings. The van der Waals surface area contributed by atoms with E-state index in [0.29, 0.717) is 17.8 Å². The van der Waals surface area contributed by atoms with Crippen LogP contribution in [0.25, 0.3) is 6.08 Å². The number of hydrogen-bond acceptors (Lipinski definition) is 3. The zero-order chi connectivity index (χ0) is 15.4. The van der Waals surface area contributed by atoms with Gasteiger partial charge in [-0.2, -0.15) is 0 Å². The lowest BCUT2D eigenvalue weighted by Gasteiger charge is -2.07. The van der Waals surface area contributed by atoms with Crippen molar-refractivity contribution >= 4 is 11.9 Å². The minimum Gasteiger partial charge on any atom is -0.503 e. The number of halogens is 1. The molecule has 0 radical (unpaired) electrons. The van der Waals surface area contributed by atoms with Crippen molar-refractivity contribution in [2.45, 2.75) is 13.5 Å². The molecule has 1 N–H and O–H groups in total. The quantitative estimate of drug-likeness (QED) is 0.694. The lowest BCUT2D eigenvalue weighted by Crippen LogP contribution is -2.08. The molecule has 0 aliphatic rings. The lowest BCUT2D eigenvalue weighted by atomic mass is 10.1. The Labute approximate surface area is 120 Å². The Bertz CT molecular complexity index is 745. The topological polar surface area (TPSA) is 59.3 Å². The van der Waals surface area contributed by atoms with Gasteiger partial charge >= 0.3 is 0 Å². The third-order valence-electron chi connectivity index (χ3n) is 3.02. The Balaban J connectivity index is 2.29. The van der Waals surface area contributed by atoms with Gasteiger partial charge in [-0.15, -0.1) is 0 Å². The molecule has 108 valence electrons. The second kappa shape index (κ2) is 6.17. The molecule has 0 aliphatic carbocycles. The van der Waals surface area contributed by atoms with E-state index in [-0.39, 0.29) is 11.5 Å². The van der Waals surface area contributed by atoms with E-state index in [2.05, 4.69) is 0 Å². The molecule has 5 heteroatoms. The van der Waals surface area contributed by atoms with Crippen molar-refractivity contribution in [3.8, 4) is 5.75 Å². The first-order chi connectivity index (χ1) is 10.0. The fraction of sp³-hybridized carbons (Fsp3) is 0.125. The number of carbonyl (C=O) groups excluding carboxylic acids is 1. The number of rotatable bonds is 4. The van der Waals surface area contributed by atoms with Crippen molar-refractivity contribution < 1.29 is 14.3 Å². The number of carbonyl (C=O) groups is 1. The van der Waals surface area contributed by atoms with Crippen LogP contribution in [-0.4, -0.2) is 15.5 Å². The Morgan fingerprint density at radius 3 is 2.62 bits per heavy atom. The molecule has 1 heterocycles. The highest BCUT2D eigenvalue weighted by Gasteiger charge is 2.04. The van der Waals surface area contributed by atoms with Gasteiger partial charge < -0.3 is 9.67 Å². The van der Waals surface area contributed by atoms with Gasteiger partial charge in [-0.05, 0) is 43.3 Å². The second-order valence-corrected chi connectivity index (χ2v) is 4.44. The van der Waals surface area contributed by atoms with Crippen molar-refractivity contribution in [1.29, 1.82) is 0 Å². The molecule has 0 fully saturated rings. The van der Waals surface area contributed by atoms with Crippen LogP contribution in [0.3, 0.4) is 0 Å². The molecule has 1 aromatic heterocycles. The van der Waals surface area contributed by atoms with Crippen LogP contribution in [0, 0.1) is 5.82 Å². The van der Waals surface area contributed by atoms with Gasteiger partial charge in [0.2, 0.25) is 5.43 Å². The number of benzene rings is 1. The average Bonchev–Trinajstić information content (AvgIpc) is 2.48. The summed E-state index contributed by atoms with van der Waals surface area (Å²) in [6.45, 7) is 2.39. The maximum atomic E-state index is 12.8. The number of allylic oxidation sites excluding steroid dienone is 1. The van der Waals surface area contributed by atoms with E-state index >= 15 is 0 Å². The summed E-state index contributed by atoms with van der Waals surface area (Å²) in [5.74, 6) is -1.04. The van der Waals surface area contributed by atoms with Crippen molar-refractivity contribution in [3.05, 3.63) is 69.9 Å². The van der Waals surface area contributed by atoms with E-state index in [1.165, 1.54) is 48.7 Å². The smallest absolute Gasteiger partial charge is 0.223 e. The highest BCUT2D eigenvalue weighted by atomic mass is 19.1. The molecular weight excluding hydrogens is 273 g/mol. The Kier molecular flexibility index (Phi) is 4.33. The SMILES string of the molecule is CCn1cc(O)c(=O)cc1/C=C/C(=O)c1ccc(F)cc1. The van der Waals surface area contributed by atoms with E-state index in [9.17, 15) is 19.1 Å². The number of nitrogens with zero attached hydrogens (tertiary/aromatic N) is 1. The third-order valence-corrected chi connectivity index (χ3v) is 3.02. The summed E-state index contributed by atoms with van der Waals surface area (Å²) < 4.78 is 14.4. The van der Waals surface area contributed by atoms with Crippen LogP contribution in [0.2, 0.25) is 0 Å². The Morgan fingerprint density at radius 2 is 2.00 bits per heavy atom. The van der Waals surface area contributed by atoms with Crippen molar-refractivity contribution in [3.63, 3.8) is 0 Å². The van der Waals surface area contributed by atoms with E-state index in [1.54, 1.807) is 4.57 Å². The van der Waals surface area contributed by atoms with Crippen LogP contribution in [0.4, 0.5) is 4.39 Å². The minimum absolute atomic E-state index is 0.293. The van der Waals surface area contributed by atoms with Gasteiger partial charge in [-0.25, -0.2) is 4.39 Å². The first kappa shape index (κ1) is 14.7. The van der Waals surface area contributed by atoms with Crippen LogP contribution in [-0.2, 0) is 6.54 Å². The van der Waals surface area contributed by atoms with E-state index in [0.717, 1.165) is 0 Å². The third kappa shape index (κ3) is 3.45. The van der Waals surface area contributed by atoms with Gasteiger partial charge in [0.15, 0.2) is 11.5 Å². The van der Waals surface area contributed by atoms with Gasteiger partial charge in [-0.3, -0.25) is 9.59 Å². The van der Waals surface area contributed by atoms with Crippen molar-refractivity contribution in [2.75, 3.05) is 0 Å². The first-order valence-electron chi connectivity index (χ1n) is 6.42. The van der Waals surface area contributed by atoms with E-state index in [4.69, 9.17) is 0 Å². The van der Waals surface area contributed by atoms with Crippen LogP contribution < -0.4 is 5.43 Å². The molecule has 0 atom stereocenters. The number of ketones is 1. The van der Waals surface area contributed by atoms with Crippen molar-refractivity contribution in [1.82, 2.24) is 4.57 Å². The lowest BCUT2D eigenvalue weighted by molar-refractivity contribution is 0.104. The van der Waals surface area contributed by atoms with Crippen molar-refractivity contribution in [2.24, 2.45) is 0 Å². The molecule has 0 bridgehead atoms. The molecule has 0 saturated carbocycles. The summed E-state index contributed by atoms with van der Waals surface area (Å²) in [6.07, 6.45) is 4.13. The minimum atomic E-state index is -0.506. The fourth-order valence-electron chi connectivity index (χ4n) is 1.87. The molecule has 0 spiro atoms. The average molecular weight is 287 g/mol. The summed E-state index contributed by atoms with van der Waals surface area (Å²) in [5.41, 5.74) is 0.362. The number of aromatic nitrogens is 1. The first-order valence-corrected chi connectivity index (χ1v) is 6.42. The van der Waals surface area contributed by atoms with Gasteiger partial charge in [0, 0.05) is 23.9 Å². The number of pyridine rings is 1. The van der Waals surface area contributed by atoms with Gasteiger partial charge in [-0.1, -0.05) is 0 Å². The van der Waals surface area contributed by atoms with Gasteiger partial charge in [0.1, 0.15) is 5.82 Å². The molecule has 0 saturated heterocycles. The van der Waals surface area contributed by atoms with Crippen LogP contribution in [0.1, 0.15) is 23.0 Å². The standard InChI is InChI=1S/C16H14FNO3/c1-2-18-10-16(21)15(20)9-13(18)7-8-14(19)11-3-5-12(17)6-4-11/h3-10,21H,2H2,1H3/b8-7+. The molecule has 0 amide bonds. The predicted octanol–water partition coefficient (Wildman–Crippen LogP) is 2.61. The Morgan fingerprint density at radius 1 is 1.33 bits per heavy atom. The number of aromatic hydroxyl groups is 1. The monoisotopic (exact) mass is 287 g/mol. The summed E-state index contributed by atoms with van der Waals surface area (Å²) in [5, 5.41) is 9.38. The molecule has 0 aliphatic heterocycles. The zero-order valence-corrected chi connectivity index (χ0v) is 11.4. The van der Waals surface area contributed by atoms with E-state index in [1.807, 2.05) is 6.92 Å². The molecule has 2 rings (SSSR count). The fourth-order valence-corrected chi connectivity index (χ4v) is 1.87. The summed E-state index contributed by atoms with van der Waals surface area (Å²) >= 11 is 0. The highest BCUT2D eigenvalue weighted by Crippen LogP contribution is 2.09. The number of aryl methyl sites for hydroxylation is 1. The zero-order valence-electron chi connectivity index (χ0n) is 11.4. The number of hydrogen-bond donors (Lipinski definition) is 1. The van der Waals surface area contributed by atoms with Crippen LogP contribution in [0.15, 0.2) is 47.4 Å². The van der Waals surface area contributed by atoms with Gasteiger partial charge in [0.25, 0.3) is 0 Å². The molecular formula is C16H14FNO3. The molecule has 21 heavy (non-hydrogen) atoms. The second-order valence-electron chi connectivity index (χ2n) is 4.44. The van der Waals surface area contributed by atoms with E-state index < -0.39 is 11.2 Å². The van der Waals surface area contributed by atoms with Gasteiger partial charge in [0.05, 0.1) is 6.20 Å². The molecule has 0 unspecified atom stereocenters. The molecule has 4 nitrogen and oxygen atoms in total. The molecule has 1 aromatic carbocycles. The summed E-state index contributed by atoms with van der Waals surface area (Å²) in [4.78, 5) is 23.4. The maximum absolute atomic E-state index is 12.8. The Hall–Kier alpha value is -2.69. The highest BCUT2D eigenvalue weighted by molar-refractivity contribution is 6.06. The maximum Gasteiger partial charge on any atom is 0.223 e. The largest absolute Gasteiger partial charge is 0.503 e. The summed E-state index contributed by atoms with van der Waals surface area (Å²) in [7, 11) is 0. The predicted molar refractivity (Wildman–Crippen MR) is 77.8 cm³/mol. The summed E-state index contributed by atoms with van der Waals surface area (Å²) in [6, 6.07) is 6.47. The van der Waals surface area contributed by atoms with Crippen LogP contribution in [0.5, 0.6) is 5.75 Å². The normalized spacial score (nSPS) is 11.0. The van der Waals surface area contributed by atoms with Crippen LogP contribution >= 0.6 is 0 Å².